The molecule has 1 aliphatic heterocycles. The van der Waals surface area contributed by atoms with Crippen LogP contribution in [-0.4, -0.2) is 27.9 Å². The summed E-state index contributed by atoms with van der Waals surface area (Å²) in [4.78, 5) is 0. The van der Waals surface area contributed by atoms with Gasteiger partial charge in [0.2, 0.25) is 0 Å². The van der Waals surface area contributed by atoms with Crippen molar-refractivity contribution in [2.75, 3.05) is 17.3 Å². The van der Waals surface area contributed by atoms with Crippen LogP contribution in [0.5, 0.6) is 0 Å². The van der Waals surface area contributed by atoms with Crippen LogP contribution in [0.15, 0.2) is 30.3 Å². The molecule has 2 rings (SSSR count). The van der Waals surface area contributed by atoms with Crippen molar-refractivity contribution in [2.45, 2.75) is 16.4 Å². The van der Waals surface area contributed by atoms with Gasteiger partial charge in [0.1, 0.15) is 0 Å². The van der Waals surface area contributed by atoms with Crippen molar-refractivity contribution >= 4 is 35.3 Å². The molecule has 0 spiro atoms. The Morgan fingerprint density at radius 1 is 1.25 bits per heavy atom. The molecule has 4 heteroatoms. The Labute approximate surface area is 110 Å². The van der Waals surface area contributed by atoms with Gasteiger partial charge in [-0.2, -0.15) is 11.8 Å². The summed E-state index contributed by atoms with van der Waals surface area (Å²) in [5.41, 5.74) is 7.58. The van der Waals surface area contributed by atoms with Crippen LogP contribution < -0.4 is 5.73 Å². The van der Waals surface area contributed by atoms with Gasteiger partial charge < -0.3 is 5.73 Å². The zero-order valence-electron chi connectivity index (χ0n) is 9.17. The first-order chi connectivity index (χ1) is 7.86. The molecule has 0 aliphatic carbocycles. The molecule has 1 aliphatic rings. The molecule has 1 saturated heterocycles. The van der Waals surface area contributed by atoms with Gasteiger partial charge in [0.25, 0.3) is 0 Å². The van der Waals surface area contributed by atoms with Crippen molar-refractivity contribution in [3.8, 4) is 0 Å². The third-order valence-corrected chi connectivity index (χ3v) is 6.89. The smallest absolute Gasteiger partial charge is 0.0661 e. The van der Waals surface area contributed by atoms with Crippen LogP contribution in [0.3, 0.4) is 0 Å². The van der Waals surface area contributed by atoms with Gasteiger partial charge in [-0.15, -0.1) is 23.5 Å². The molecular weight excluding hydrogens is 254 g/mol. The molecule has 1 aromatic carbocycles. The fraction of sp³-hybridized carbons (Fsp3) is 0.500. The normalized spacial score (nSPS) is 18.8. The van der Waals surface area contributed by atoms with Gasteiger partial charge in [-0.05, 0) is 5.56 Å². The third-order valence-electron chi connectivity index (χ3n) is 2.42. The molecule has 1 heterocycles. The average molecular weight is 271 g/mol. The Morgan fingerprint density at radius 3 is 2.62 bits per heavy atom. The standard InChI is InChI=1S/C12H17NS3/c13-11(12-15-6-7-16-12)9-14-8-10-4-2-1-3-5-10/h1-5,11-12H,6-9,13H2/t11-/m0/s1. The molecule has 0 saturated carbocycles. The van der Waals surface area contributed by atoms with E-state index in [0.717, 1.165) is 11.5 Å². The number of thioether (sulfide) groups is 3. The fourth-order valence-corrected chi connectivity index (χ4v) is 5.73. The highest BCUT2D eigenvalue weighted by Crippen LogP contribution is 2.34. The summed E-state index contributed by atoms with van der Waals surface area (Å²) in [6.45, 7) is 0. The van der Waals surface area contributed by atoms with Crippen LogP contribution in [0.1, 0.15) is 5.56 Å². The van der Waals surface area contributed by atoms with Gasteiger partial charge in [-0.25, -0.2) is 0 Å². The van der Waals surface area contributed by atoms with Gasteiger partial charge in [-0.3, -0.25) is 0 Å². The largest absolute Gasteiger partial charge is 0.325 e. The quantitative estimate of drug-likeness (QED) is 0.890. The molecule has 1 fully saturated rings. The number of hydrogen-bond acceptors (Lipinski definition) is 4. The van der Waals surface area contributed by atoms with E-state index in [-0.39, 0.29) is 0 Å². The molecule has 88 valence electrons. The Kier molecular flexibility index (Phi) is 5.42. The molecule has 0 radical (unpaired) electrons. The monoisotopic (exact) mass is 271 g/mol. The summed E-state index contributed by atoms with van der Waals surface area (Å²) in [5, 5.41) is 0. The Hall–Kier alpha value is 0.230. The lowest BCUT2D eigenvalue weighted by Crippen LogP contribution is -2.31. The molecule has 0 bridgehead atoms. The first-order valence-corrected chi connectivity index (χ1v) is 8.72. The molecule has 1 atom stereocenters. The summed E-state index contributed by atoms with van der Waals surface area (Å²) in [7, 11) is 0. The van der Waals surface area contributed by atoms with Crippen molar-refractivity contribution < 1.29 is 0 Å². The molecule has 0 aromatic heterocycles. The molecular formula is C12H17NS3. The second kappa shape index (κ2) is 6.84. The maximum atomic E-state index is 6.18. The zero-order valence-corrected chi connectivity index (χ0v) is 11.6. The predicted octanol–water partition coefficient (Wildman–Crippen LogP) is 3.05. The lowest BCUT2D eigenvalue weighted by atomic mass is 10.2. The highest BCUT2D eigenvalue weighted by atomic mass is 32.2. The Balaban J connectivity index is 1.67. The molecule has 16 heavy (non-hydrogen) atoms. The predicted molar refractivity (Wildman–Crippen MR) is 79.3 cm³/mol. The van der Waals surface area contributed by atoms with E-state index in [1.807, 2.05) is 35.3 Å². The molecule has 0 unspecified atom stereocenters. The van der Waals surface area contributed by atoms with Crippen LogP contribution in [0.4, 0.5) is 0 Å². The minimum absolute atomic E-state index is 0.339. The lowest BCUT2D eigenvalue weighted by Gasteiger charge is -2.16. The van der Waals surface area contributed by atoms with Crippen LogP contribution in [0.2, 0.25) is 0 Å². The second-order valence-corrected chi connectivity index (χ2v) is 7.60. The minimum Gasteiger partial charge on any atom is -0.325 e. The molecule has 0 amide bonds. The first kappa shape index (κ1) is 12.7. The highest BCUT2D eigenvalue weighted by molar-refractivity contribution is 8.20. The fourth-order valence-electron chi connectivity index (χ4n) is 1.59. The van der Waals surface area contributed by atoms with E-state index in [9.17, 15) is 0 Å². The van der Waals surface area contributed by atoms with Crippen LogP contribution in [0.25, 0.3) is 0 Å². The maximum Gasteiger partial charge on any atom is 0.0661 e. The third kappa shape index (κ3) is 3.91. The van der Waals surface area contributed by atoms with Gasteiger partial charge in [-0.1, -0.05) is 30.3 Å². The molecule has 1 aromatic rings. The first-order valence-electron chi connectivity index (χ1n) is 5.47. The molecule has 1 nitrogen and oxygen atoms in total. The van der Waals surface area contributed by atoms with Crippen molar-refractivity contribution in [3.05, 3.63) is 35.9 Å². The molecule has 2 N–H and O–H groups in total. The van der Waals surface area contributed by atoms with E-state index in [1.165, 1.54) is 17.1 Å². The number of benzene rings is 1. The van der Waals surface area contributed by atoms with Crippen LogP contribution >= 0.6 is 35.3 Å². The van der Waals surface area contributed by atoms with E-state index >= 15 is 0 Å². The van der Waals surface area contributed by atoms with Crippen molar-refractivity contribution in [1.29, 1.82) is 0 Å². The van der Waals surface area contributed by atoms with E-state index in [0.29, 0.717) is 10.6 Å². The Morgan fingerprint density at radius 2 is 1.94 bits per heavy atom. The lowest BCUT2D eigenvalue weighted by molar-refractivity contribution is 0.833. The van der Waals surface area contributed by atoms with Crippen molar-refractivity contribution in [3.63, 3.8) is 0 Å². The van der Waals surface area contributed by atoms with Crippen LogP contribution in [-0.2, 0) is 5.75 Å². The van der Waals surface area contributed by atoms with Gasteiger partial charge in [0.15, 0.2) is 0 Å². The van der Waals surface area contributed by atoms with Gasteiger partial charge >= 0.3 is 0 Å². The summed E-state index contributed by atoms with van der Waals surface area (Å²) >= 11 is 5.99. The number of nitrogens with two attached hydrogens (primary N) is 1. The van der Waals surface area contributed by atoms with Crippen LogP contribution in [0, 0.1) is 0 Å². The Bertz CT molecular complexity index is 298. The minimum atomic E-state index is 0.339. The van der Waals surface area contributed by atoms with E-state index in [4.69, 9.17) is 5.73 Å². The number of rotatable bonds is 5. The summed E-state index contributed by atoms with van der Waals surface area (Å²) in [6, 6.07) is 10.9. The van der Waals surface area contributed by atoms with E-state index < -0.39 is 0 Å². The number of hydrogen-bond donors (Lipinski definition) is 1. The average Bonchev–Trinajstić information content (AvgIpc) is 2.84. The van der Waals surface area contributed by atoms with Gasteiger partial charge in [0, 0.05) is 29.1 Å². The SMILES string of the molecule is N[C@@H](CSCc1ccccc1)C1SCCS1. The second-order valence-electron chi connectivity index (χ2n) is 3.77. The summed E-state index contributed by atoms with van der Waals surface area (Å²) < 4.78 is 0.628. The highest BCUT2D eigenvalue weighted by Gasteiger charge is 2.22. The van der Waals surface area contributed by atoms with Crippen molar-refractivity contribution in [2.24, 2.45) is 5.73 Å². The maximum absolute atomic E-state index is 6.18. The van der Waals surface area contributed by atoms with Gasteiger partial charge in [0.05, 0.1) is 4.58 Å². The zero-order chi connectivity index (χ0) is 11.2. The topological polar surface area (TPSA) is 26.0 Å². The summed E-state index contributed by atoms with van der Waals surface area (Å²) in [6.07, 6.45) is 0. The van der Waals surface area contributed by atoms with E-state index in [1.54, 1.807) is 0 Å². The van der Waals surface area contributed by atoms with Crippen molar-refractivity contribution in [1.82, 2.24) is 0 Å². The van der Waals surface area contributed by atoms with E-state index in [2.05, 4.69) is 30.3 Å². The summed E-state index contributed by atoms with van der Waals surface area (Å²) in [5.74, 6) is 4.69.